The molecule has 4 bridgehead atoms. The molecule has 0 aromatic heterocycles. The van der Waals surface area contributed by atoms with E-state index in [1.54, 1.807) is 0 Å². The second-order valence-corrected chi connectivity index (χ2v) is 7.85. The number of carbonyl (C=O) groups excluding carboxylic acids is 1. The third-order valence-electron chi connectivity index (χ3n) is 6.24. The summed E-state index contributed by atoms with van der Waals surface area (Å²) >= 11 is 0. The van der Waals surface area contributed by atoms with Crippen molar-refractivity contribution in [2.75, 3.05) is 13.1 Å². The van der Waals surface area contributed by atoms with Gasteiger partial charge in [-0.25, -0.2) is 0 Å². The van der Waals surface area contributed by atoms with Crippen molar-refractivity contribution in [3.63, 3.8) is 0 Å². The number of nitrogens with zero attached hydrogens (tertiary/aromatic N) is 1. The molecule has 4 aliphatic carbocycles. The van der Waals surface area contributed by atoms with Crippen LogP contribution in [0.5, 0.6) is 0 Å². The molecule has 0 radical (unpaired) electrons. The number of likely N-dealkylation sites (tertiary alicyclic amines) is 1. The quantitative estimate of drug-likeness (QED) is 0.809. The van der Waals surface area contributed by atoms with E-state index in [4.69, 9.17) is 5.73 Å². The second kappa shape index (κ2) is 5.17. The molecule has 1 aliphatic heterocycles. The van der Waals surface area contributed by atoms with E-state index in [0.717, 1.165) is 43.7 Å². The van der Waals surface area contributed by atoms with Gasteiger partial charge in [-0.15, -0.1) is 12.4 Å². The van der Waals surface area contributed by atoms with E-state index in [1.165, 1.54) is 38.5 Å². The van der Waals surface area contributed by atoms with Gasteiger partial charge in [-0.3, -0.25) is 4.79 Å². The molecule has 114 valence electrons. The molecule has 20 heavy (non-hydrogen) atoms. The largest absolute Gasteiger partial charge is 0.341 e. The molecule has 5 aliphatic rings. The Labute approximate surface area is 128 Å². The SMILES string of the molecule is Cl.N[C@@H]1CCCN(C(=O)C23CC4CC(CC(C4)C2)C3)C1. The van der Waals surface area contributed by atoms with Gasteiger partial charge in [0.25, 0.3) is 0 Å². The number of carbonyl (C=O) groups is 1. The first-order valence-corrected chi connectivity index (χ1v) is 8.19. The number of halogens is 1. The lowest BCUT2D eigenvalue weighted by Crippen LogP contribution is -2.57. The van der Waals surface area contributed by atoms with Gasteiger partial charge in [0.15, 0.2) is 0 Å². The van der Waals surface area contributed by atoms with Gasteiger partial charge in [-0.1, -0.05) is 0 Å². The summed E-state index contributed by atoms with van der Waals surface area (Å²) < 4.78 is 0. The van der Waals surface area contributed by atoms with Gasteiger partial charge in [0.05, 0.1) is 5.41 Å². The van der Waals surface area contributed by atoms with Gasteiger partial charge in [-0.05, 0) is 69.1 Å². The average Bonchev–Trinajstić information content (AvgIpc) is 2.36. The van der Waals surface area contributed by atoms with E-state index in [0.29, 0.717) is 5.91 Å². The minimum Gasteiger partial charge on any atom is -0.341 e. The van der Waals surface area contributed by atoms with Crippen molar-refractivity contribution in [3.05, 3.63) is 0 Å². The van der Waals surface area contributed by atoms with E-state index < -0.39 is 0 Å². The maximum Gasteiger partial charge on any atom is 0.228 e. The molecule has 3 nitrogen and oxygen atoms in total. The first kappa shape index (κ1) is 14.6. The summed E-state index contributed by atoms with van der Waals surface area (Å²) in [6, 6.07) is 0.214. The van der Waals surface area contributed by atoms with Crippen molar-refractivity contribution >= 4 is 18.3 Å². The molecule has 1 amide bonds. The fourth-order valence-corrected chi connectivity index (χ4v) is 5.90. The fraction of sp³-hybridized carbons (Fsp3) is 0.938. The Hall–Kier alpha value is -0.280. The Morgan fingerprint density at radius 1 is 1.05 bits per heavy atom. The first-order valence-electron chi connectivity index (χ1n) is 8.19. The van der Waals surface area contributed by atoms with Crippen LogP contribution in [-0.2, 0) is 4.79 Å². The number of amides is 1. The molecule has 1 heterocycles. The maximum atomic E-state index is 13.1. The fourth-order valence-electron chi connectivity index (χ4n) is 5.90. The highest BCUT2D eigenvalue weighted by Gasteiger charge is 2.55. The maximum absolute atomic E-state index is 13.1. The molecule has 4 saturated carbocycles. The van der Waals surface area contributed by atoms with E-state index in [-0.39, 0.29) is 23.9 Å². The molecular weight excluding hydrogens is 272 g/mol. The summed E-state index contributed by atoms with van der Waals surface area (Å²) in [6.45, 7) is 1.76. The molecule has 0 aromatic rings. The van der Waals surface area contributed by atoms with Crippen LogP contribution in [0.2, 0.25) is 0 Å². The van der Waals surface area contributed by atoms with Gasteiger partial charge < -0.3 is 10.6 Å². The molecule has 2 N–H and O–H groups in total. The van der Waals surface area contributed by atoms with Crippen molar-refractivity contribution in [2.24, 2.45) is 28.9 Å². The molecule has 0 aromatic carbocycles. The van der Waals surface area contributed by atoms with Crippen molar-refractivity contribution in [2.45, 2.75) is 57.4 Å². The van der Waals surface area contributed by atoms with E-state index in [2.05, 4.69) is 4.90 Å². The normalized spacial score (nSPS) is 46.1. The van der Waals surface area contributed by atoms with Crippen LogP contribution in [0.1, 0.15) is 51.4 Å². The zero-order chi connectivity index (χ0) is 13.0. The first-order chi connectivity index (χ1) is 9.14. The van der Waals surface area contributed by atoms with Gasteiger partial charge in [0.2, 0.25) is 5.91 Å². The highest BCUT2D eigenvalue weighted by atomic mass is 35.5. The Kier molecular flexibility index (Phi) is 3.79. The van der Waals surface area contributed by atoms with Crippen molar-refractivity contribution in [3.8, 4) is 0 Å². The summed E-state index contributed by atoms with van der Waals surface area (Å²) in [5.74, 6) is 3.04. The zero-order valence-electron chi connectivity index (χ0n) is 12.2. The van der Waals surface area contributed by atoms with Gasteiger partial charge >= 0.3 is 0 Å². The van der Waals surface area contributed by atoms with Crippen molar-refractivity contribution in [1.82, 2.24) is 4.90 Å². The van der Waals surface area contributed by atoms with Crippen LogP contribution in [0, 0.1) is 23.2 Å². The third kappa shape index (κ3) is 2.27. The summed E-state index contributed by atoms with van der Waals surface area (Å²) in [4.78, 5) is 15.2. The minimum absolute atomic E-state index is 0. The van der Waals surface area contributed by atoms with Crippen LogP contribution in [0.25, 0.3) is 0 Å². The highest BCUT2D eigenvalue weighted by Crippen LogP contribution is 2.60. The average molecular weight is 299 g/mol. The smallest absolute Gasteiger partial charge is 0.228 e. The Bertz CT molecular complexity index is 363. The summed E-state index contributed by atoms with van der Waals surface area (Å²) in [7, 11) is 0. The minimum atomic E-state index is 0. The van der Waals surface area contributed by atoms with Crippen LogP contribution in [0.3, 0.4) is 0 Å². The van der Waals surface area contributed by atoms with Crippen molar-refractivity contribution < 1.29 is 4.79 Å². The van der Waals surface area contributed by atoms with Gasteiger partial charge in [0.1, 0.15) is 0 Å². The summed E-state index contributed by atoms with van der Waals surface area (Å²) in [5, 5.41) is 0. The molecule has 0 spiro atoms. The topological polar surface area (TPSA) is 46.3 Å². The Morgan fingerprint density at radius 2 is 1.60 bits per heavy atom. The van der Waals surface area contributed by atoms with Crippen LogP contribution in [-0.4, -0.2) is 29.9 Å². The van der Waals surface area contributed by atoms with E-state index in [9.17, 15) is 4.79 Å². The van der Waals surface area contributed by atoms with Gasteiger partial charge in [0, 0.05) is 19.1 Å². The predicted octanol–water partition coefficient (Wildman–Crippen LogP) is 2.57. The van der Waals surface area contributed by atoms with E-state index in [1.807, 2.05) is 0 Å². The molecule has 1 saturated heterocycles. The monoisotopic (exact) mass is 298 g/mol. The molecular formula is C16H27ClN2O. The summed E-state index contributed by atoms with van der Waals surface area (Å²) in [6.07, 6.45) is 9.96. The van der Waals surface area contributed by atoms with Crippen LogP contribution >= 0.6 is 12.4 Å². The Morgan fingerprint density at radius 3 is 2.10 bits per heavy atom. The number of nitrogens with two attached hydrogens (primary N) is 1. The molecule has 0 unspecified atom stereocenters. The van der Waals surface area contributed by atoms with Crippen LogP contribution < -0.4 is 5.73 Å². The number of piperidine rings is 1. The molecule has 5 fully saturated rings. The lowest BCUT2D eigenvalue weighted by atomic mass is 9.49. The Balaban J connectivity index is 0.00000121. The van der Waals surface area contributed by atoms with E-state index >= 15 is 0 Å². The second-order valence-electron chi connectivity index (χ2n) is 7.85. The van der Waals surface area contributed by atoms with Crippen LogP contribution in [0.15, 0.2) is 0 Å². The number of hydrogen-bond acceptors (Lipinski definition) is 2. The molecule has 5 rings (SSSR count). The van der Waals surface area contributed by atoms with Crippen LogP contribution in [0.4, 0.5) is 0 Å². The van der Waals surface area contributed by atoms with Gasteiger partial charge in [-0.2, -0.15) is 0 Å². The summed E-state index contributed by atoms with van der Waals surface area (Å²) in [5.41, 5.74) is 6.09. The van der Waals surface area contributed by atoms with Crippen molar-refractivity contribution in [1.29, 1.82) is 0 Å². The molecule has 4 heteroatoms. The standard InChI is InChI=1S/C16H26N2O.ClH/c17-14-2-1-3-18(10-14)15(19)16-7-11-4-12(8-16)6-13(5-11)9-16;/h11-14H,1-10,17H2;1H/t11?,12?,13?,14-,16?;/m1./s1. The highest BCUT2D eigenvalue weighted by molar-refractivity contribution is 5.85. The molecule has 1 atom stereocenters. The number of hydrogen-bond donors (Lipinski definition) is 1. The lowest BCUT2D eigenvalue weighted by Gasteiger charge is -2.57. The number of rotatable bonds is 1. The predicted molar refractivity (Wildman–Crippen MR) is 81.6 cm³/mol. The third-order valence-corrected chi connectivity index (χ3v) is 6.24. The lowest BCUT2D eigenvalue weighted by molar-refractivity contribution is -0.158. The zero-order valence-corrected chi connectivity index (χ0v) is 13.0.